The summed E-state index contributed by atoms with van der Waals surface area (Å²) in [6, 6.07) is 14.6. The highest BCUT2D eigenvalue weighted by Crippen LogP contribution is 2.38. The minimum atomic E-state index is 0.861. The number of methoxy groups -OCH3 is 1. The molecule has 0 fully saturated rings. The second-order valence-corrected chi connectivity index (χ2v) is 6.65. The molecule has 0 aliphatic rings. The number of hydrogen-bond acceptors (Lipinski definition) is 3. The Morgan fingerprint density at radius 3 is 2.56 bits per heavy atom. The van der Waals surface area contributed by atoms with Crippen LogP contribution >= 0.6 is 0 Å². The Morgan fingerprint density at radius 2 is 1.88 bits per heavy atom. The van der Waals surface area contributed by atoms with Crippen molar-refractivity contribution in [3.63, 3.8) is 0 Å². The normalized spacial score (nSPS) is 11.4. The number of aryl methyl sites for hydroxylation is 1. The molecule has 0 radical (unpaired) electrons. The molecule has 3 rings (SSSR count). The average Bonchev–Trinajstić information content (AvgIpc) is 2.94. The maximum absolute atomic E-state index is 6.08. The number of fused-ring (bicyclic) bond motifs is 1. The first kappa shape index (κ1) is 17.6. The summed E-state index contributed by atoms with van der Waals surface area (Å²) >= 11 is 0. The Bertz CT molecular complexity index is 836. The van der Waals surface area contributed by atoms with E-state index in [4.69, 9.17) is 9.15 Å². The molecule has 1 heterocycles. The molecule has 0 unspecified atom stereocenters. The molecule has 0 aliphatic heterocycles. The molecule has 0 saturated heterocycles. The summed E-state index contributed by atoms with van der Waals surface area (Å²) in [6.45, 7) is 6.20. The van der Waals surface area contributed by atoms with Crippen LogP contribution in [0.1, 0.15) is 31.1 Å². The molecule has 25 heavy (non-hydrogen) atoms. The molecule has 3 aromatic rings. The predicted molar refractivity (Wildman–Crippen MR) is 104 cm³/mol. The zero-order chi connectivity index (χ0) is 17.8. The van der Waals surface area contributed by atoms with Gasteiger partial charge in [0.05, 0.1) is 7.11 Å². The van der Waals surface area contributed by atoms with Gasteiger partial charge in [0.2, 0.25) is 0 Å². The fourth-order valence-corrected chi connectivity index (χ4v) is 3.36. The van der Waals surface area contributed by atoms with E-state index in [-0.39, 0.29) is 0 Å². The summed E-state index contributed by atoms with van der Waals surface area (Å²) in [6.07, 6.45) is 2.41. The maximum Gasteiger partial charge on any atom is 0.135 e. The molecule has 0 spiro atoms. The second kappa shape index (κ2) is 7.75. The van der Waals surface area contributed by atoms with Crippen molar-refractivity contribution in [2.24, 2.45) is 0 Å². The molecule has 0 atom stereocenters. The van der Waals surface area contributed by atoms with Crippen LogP contribution in [0.15, 0.2) is 46.9 Å². The summed E-state index contributed by atoms with van der Waals surface area (Å²) in [5.74, 6) is 1.87. The lowest BCUT2D eigenvalue weighted by molar-refractivity contribution is 0.312. The van der Waals surface area contributed by atoms with Gasteiger partial charge in [0.1, 0.15) is 17.1 Å². The second-order valence-electron chi connectivity index (χ2n) is 6.65. The Labute approximate surface area is 150 Å². The highest BCUT2D eigenvalue weighted by Gasteiger charge is 2.17. The maximum atomic E-state index is 6.08. The van der Waals surface area contributed by atoms with Gasteiger partial charge in [0.25, 0.3) is 0 Å². The molecular weight excluding hydrogens is 310 g/mol. The summed E-state index contributed by atoms with van der Waals surface area (Å²) in [5.41, 5.74) is 4.42. The standard InChI is InChI=1S/C22H27NO2/c1-5-6-12-23(3)15-18-13-21-19(14-20(18)24-4)22(16(2)25-21)17-10-8-7-9-11-17/h7-11,13-14H,5-6,12,15H2,1-4H3. The summed E-state index contributed by atoms with van der Waals surface area (Å²) in [4.78, 5) is 2.33. The molecule has 2 aromatic carbocycles. The molecule has 0 saturated carbocycles. The van der Waals surface area contributed by atoms with Gasteiger partial charge in [0, 0.05) is 23.1 Å². The van der Waals surface area contributed by atoms with E-state index in [2.05, 4.69) is 55.3 Å². The monoisotopic (exact) mass is 337 g/mol. The lowest BCUT2D eigenvalue weighted by atomic mass is 10.0. The number of unbranched alkanes of at least 4 members (excludes halogenated alkanes) is 1. The lowest BCUT2D eigenvalue weighted by Crippen LogP contribution is -2.19. The summed E-state index contributed by atoms with van der Waals surface area (Å²) < 4.78 is 11.8. The van der Waals surface area contributed by atoms with Crippen molar-refractivity contribution in [3.05, 3.63) is 53.8 Å². The van der Waals surface area contributed by atoms with Crippen LogP contribution in [0, 0.1) is 6.92 Å². The SMILES string of the molecule is CCCCN(C)Cc1cc2oc(C)c(-c3ccccc3)c2cc1OC. The highest BCUT2D eigenvalue weighted by molar-refractivity contribution is 5.97. The lowest BCUT2D eigenvalue weighted by Gasteiger charge is -2.18. The number of furan rings is 1. The van der Waals surface area contributed by atoms with Gasteiger partial charge in [-0.25, -0.2) is 0 Å². The number of nitrogens with zero attached hydrogens (tertiary/aromatic N) is 1. The van der Waals surface area contributed by atoms with Crippen molar-refractivity contribution in [1.82, 2.24) is 4.90 Å². The van der Waals surface area contributed by atoms with Gasteiger partial charge in [-0.3, -0.25) is 0 Å². The summed E-state index contributed by atoms with van der Waals surface area (Å²) in [7, 11) is 3.90. The molecule has 3 nitrogen and oxygen atoms in total. The van der Waals surface area contributed by atoms with Gasteiger partial charge in [-0.05, 0) is 44.6 Å². The molecule has 0 bridgehead atoms. The Kier molecular flexibility index (Phi) is 5.44. The minimum absolute atomic E-state index is 0.861. The number of rotatable bonds is 7. The predicted octanol–water partition coefficient (Wildman–Crippen LogP) is 5.65. The van der Waals surface area contributed by atoms with Crippen LogP contribution in [0.3, 0.4) is 0 Å². The quantitative estimate of drug-likeness (QED) is 0.557. The van der Waals surface area contributed by atoms with Gasteiger partial charge in [0.15, 0.2) is 0 Å². The van der Waals surface area contributed by atoms with Gasteiger partial charge in [-0.1, -0.05) is 43.7 Å². The Morgan fingerprint density at radius 1 is 1.12 bits per heavy atom. The van der Waals surface area contributed by atoms with Gasteiger partial charge < -0.3 is 14.1 Å². The van der Waals surface area contributed by atoms with Crippen LogP contribution in [0.25, 0.3) is 22.1 Å². The van der Waals surface area contributed by atoms with Crippen molar-refractivity contribution in [3.8, 4) is 16.9 Å². The highest BCUT2D eigenvalue weighted by atomic mass is 16.5. The zero-order valence-electron chi connectivity index (χ0n) is 15.6. The zero-order valence-corrected chi connectivity index (χ0v) is 15.6. The minimum Gasteiger partial charge on any atom is -0.496 e. The molecule has 1 aromatic heterocycles. The number of ether oxygens (including phenoxy) is 1. The molecule has 0 aliphatic carbocycles. The van der Waals surface area contributed by atoms with E-state index >= 15 is 0 Å². The van der Waals surface area contributed by atoms with Gasteiger partial charge in [-0.15, -0.1) is 0 Å². The van der Waals surface area contributed by atoms with Crippen LogP contribution < -0.4 is 4.74 Å². The molecule has 0 amide bonds. The first-order chi connectivity index (χ1) is 12.1. The van der Waals surface area contributed by atoms with E-state index in [1.54, 1.807) is 7.11 Å². The number of hydrogen-bond donors (Lipinski definition) is 0. The average molecular weight is 337 g/mol. The van der Waals surface area contributed by atoms with Crippen molar-refractivity contribution >= 4 is 11.0 Å². The number of benzene rings is 2. The van der Waals surface area contributed by atoms with Crippen molar-refractivity contribution in [2.45, 2.75) is 33.2 Å². The van der Waals surface area contributed by atoms with E-state index in [0.29, 0.717) is 0 Å². The van der Waals surface area contributed by atoms with Gasteiger partial charge >= 0.3 is 0 Å². The van der Waals surface area contributed by atoms with Crippen LogP contribution in [0.2, 0.25) is 0 Å². The smallest absolute Gasteiger partial charge is 0.135 e. The topological polar surface area (TPSA) is 25.6 Å². The van der Waals surface area contributed by atoms with Crippen molar-refractivity contribution in [1.29, 1.82) is 0 Å². The third kappa shape index (κ3) is 3.72. The van der Waals surface area contributed by atoms with E-state index in [1.165, 1.54) is 24.0 Å². The largest absolute Gasteiger partial charge is 0.496 e. The van der Waals surface area contributed by atoms with E-state index in [1.807, 2.05) is 13.0 Å². The van der Waals surface area contributed by atoms with E-state index in [0.717, 1.165) is 41.1 Å². The first-order valence-corrected chi connectivity index (χ1v) is 8.98. The van der Waals surface area contributed by atoms with Crippen LogP contribution in [-0.4, -0.2) is 25.6 Å². The Hall–Kier alpha value is -2.26. The third-order valence-corrected chi connectivity index (χ3v) is 4.66. The van der Waals surface area contributed by atoms with Crippen molar-refractivity contribution in [2.75, 3.05) is 20.7 Å². The van der Waals surface area contributed by atoms with Crippen molar-refractivity contribution < 1.29 is 9.15 Å². The molecule has 0 N–H and O–H groups in total. The molecule has 3 heteroatoms. The van der Waals surface area contributed by atoms with E-state index < -0.39 is 0 Å². The van der Waals surface area contributed by atoms with E-state index in [9.17, 15) is 0 Å². The van der Waals surface area contributed by atoms with Gasteiger partial charge in [-0.2, -0.15) is 0 Å². The molecule has 132 valence electrons. The fourth-order valence-electron chi connectivity index (χ4n) is 3.36. The van der Waals surface area contributed by atoms with Crippen LogP contribution in [0.4, 0.5) is 0 Å². The third-order valence-electron chi connectivity index (χ3n) is 4.66. The first-order valence-electron chi connectivity index (χ1n) is 8.98. The van der Waals surface area contributed by atoms with Crippen LogP contribution in [0.5, 0.6) is 5.75 Å². The van der Waals surface area contributed by atoms with Crippen LogP contribution in [-0.2, 0) is 6.54 Å². The molecular formula is C22H27NO2. The fraction of sp³-hybridized carbons (Fsp3) is 0.364. The summed E-state index contributed by atoms with van der Waals surface area (Å²) in [5, 5.41) is 1.11. The Balaban J connectivity index is 2.02.